The molecule has 1 aliphatic heterocycles. The van der Waals surface area contributed by atoms with Crippen LogP contribution in [0.3, 0.4) is 0 Å². The van der Waals surface area contributed by atoms with Crippen molar-refractivity contribution in [3.05, 3.63) is 28.7 Å². The maximum absolute atomic E-state index is 12.2. The third-order valence-electron chi connectivity index (χ3n) is 2.77. The SMILES string of the molecule is O=c1[nH]c2ccc(S(=O)(=O)N3CCCO3)cc2[nH]1. The lowest BCUT2D eigenvalue weighted by Gasteiger charge is -2.13. The summed E-state index contributed by atoms with van der Waals surface area (Å²) in [6.45, 7) is 0.756. The molecule has 0 radical (unpaired) electrons. The van der Waals surface area contributed by atoms with Gasteiger partial charge in [-0.1, -0.05) is 4.47 Å². The summed E-state index contributed by atoms with van der Waals surface area (Å²) in [6, 6.07) is 4.42. The van der Waals surface area contributed by atoms with Crippen molar-refractivity contribution < 1.29 is 13.3 Å². The Bertz CT molecular complexity index is 740. The van der Waals surface area contributed by atoms with E-state index in [2.05, 4.69) is 9.97 Å². The maximum atomic E-state index is 12.2. The lowest BCUT2D eigenvalue weighted by Crippen LogP contribution is -2.26. The van der Waals surface area contributed by atoms with Gasteiger partial charge in [0.25, 0.3) is 10.0 Å². The third-order valence-corrected chi connectivity index (χ3v) is 4.45. The first-order chi connectivity index (χ1) is 8.57. The monoisotopic (exact) mass is 269 g/mol. The van der Waals surface area contributed by atoms with E-state index in [0.29, 0.717) is 30.6 Å². The second kappa shape index (κ2) is 3.94. The molecule has 0 spiro atoms. The van der Waals surface area contributed by atoms with Gasteiger partial charge in [0, 0.05) is 6.54 Å². The second-order valence-electron chi connectivity index (χ2n) is 4.00. The fourth-order valence-electron chi connectivity index (χ4n) is 1.90. The van der Waals surface area contributed by atoms with Gasteiger partial charge in [-0.05, 0) is 24.6 Å². The molecule has 0 unspecified atom stereocenters. The number of aromatic nitrogens is 2. The van der Waals surface area contributed by atoms with E-state index in [1.54, 1.807) is 6.07 Å². The summed E-state index contributed by atoms with van der Waals surface area (Å²) >= 11 is 0. The van der Waals surface area contributed by atoms with E-state index in [-0.39, 0.29) is 10.6 Å². The summed E-state index contributed by atoms with van der Waals surface area (Å²) in [5.41, 5.74) is 0.665. The van der Waals surface area contributed by atoms with Gasteiger partial charge in [0.05, 0.1) is 22.5 Å². The first-order valence-electron chi connectivity index (χ1n) is 5.45. The van der Waals surface area contributed by atoms with Crippen molar-refractivity contribution in [2.45, 2.75) is 11.3 Å². The lowest BCUT2D eigenvalue weighted by molar-refractivity contribution is -0.0284. The van der Waals surface area contributed by atoms with E-state index in [1.165, 1.54) is 12.1 Å². The van der Waals surface area contributed by atoms with Crippen molar-refractivity contribution in [1.82, 2.24) is 14.4 Å². The number of H-pyrrole nitrogens is 2. The highest BCUT2D eigenvalue weighted by molar-refractivity contribution is 7.89. The number of fused-ring (bicyclic) bond motifs is 1. The zero-order chi connectivity index (χ0) is 12.8. The molecule has 0 amide bonds. The fourth-order valence-corrected chi connectivity index (χ4v) is 3.23. The first kappa shape index (κ1) is 11.5. The zero-order valence-corrected chi connectivity index (χ0v) is 10.2. The fraction of sp³-hybridized carbons (Fsp3) is 0.300. The molecule has 2 heterocycles. The topological polar surface area (TPSA) is 95.3 Å². The molecular weight excluding hydrogens is 258 g/mol. The maximum Gasteiger partial charge on any atom is 0.323 e. The summed E-state index contributed by atoms with van der Waals surface area (Å²) in [5.74, 6) is 0. The number of benzene rings is 1. The van der Waals surface area contributed by atoms with Crippen molar-refractivity contribution in [2.75, 3.05) is 13.2 Å². The van der Waals surface area contributed by atoms with Gasteiger partial charge in [-0.3, -0.25) is 4.84 Å². The van der Waals surface area contributed by atoms with Crippen LogP contribution in [0.25, 0.3) is 11.0 Å². The Hall–Kier alpha value is -1.64. The molecule has 1 fully saturated rings. The molecule has 18 heavy (non-hydrogen) atoms. The minimum absolute atomic E-state index is 0.104. The number of aromatic amines is 2. The standard InChI is InChI=1S/C10H11N3O4S/c14-10-11-8-3-2-7(6-9(8)12-10)18(15,16)13-4-1-5-17-13/h2-3,6H,1,4-5H2,(H2,11,12,14). The van der Waals surface area contributed by atoms with Gasteiger partial charge in [0.2, 0.25) is 0 Å². The van der Waals surface area contributed by atoms with E-state index in [4.69, 9.17) is 4.84 Å². The number of imidazole rings is 1. The normalized spacial score (nSPS) is 17.6. The minimum Gasteiger partial charge on any atom is -0.306 e. The minimum atomic E-state index is -3.65. The molecule has 0 atom stereocenters. The number of nitrogens with one attached hydrogen (secondary N) is 2. The van der Waals surface area contributed by atoms with Crippen LogP contribution in [-0.2, 0) is 14.9 Å². The van der Waals surface area contributed by atoms with Crippen LogP contribution in [0, 0.1) is 0 Å². The van der Waals surface area contributed by atoms with Crippen molar-refractivity contribution in [1.29, 1.82) is 0 Å². The Morgan fingerprint density at radius 1 is 1.22 bits per heavy atom. The summed E-state index contributed by atoms with van der Waals surface area (Å²) in [7, 11) is -3.65. The molecular formula is C10H11N3O4S. The Labute approximate surface area is 102 Å². The van der Waals surface area contributed by atoms with E-state index in [1.807, 2.05) is 0 Å². The van der Waals surface area contributed by atoms with Gasteiger partial charge < -0.3 is 9.97 Å². The van der Waals surface area contributed by atoms with Crippen molar-refractivity contribution in [3.8, 4) is 0 Å². The zero-order valence-electron chi connectivity index (χ0n) is 9.34. The predicted molar refractivity (Wildman–Crippen MR) is 63.4 cm³/mol. The highest BCUT2D eigenvalue weighted by atomic mass is 32.2. The van der Waals surface area contributed by atoms with Crippen LogP contribution in [0.2, 0.25) is 0 Å². The van der Waals surface area contributed by atoms with E-state index < -0.39 is 10.0 Å². The average Bonchev–Trinajstić information content (AvgIpc) is 2.95. The molecule has 7 nitrogen and oxygen atoms in total. The molecule has 0 bridgehead atoms. The van der Waals surface area contributed by atoms with Gasteiger partial charge in [0.15, 0.2) is 0 Å². The molecule has 1 aliphatic rings. The summed E-state index contributed by atoms with van der Waals surface area (Å²) in [6.07, 6.45) is 0.683. The lowest BCUT2D eigenvalue weighted by atomic mass is 10.3. The van der Waals surface area contributed by atoms with Crippen LogP contribution in [-0.4, -0.2) is 36.0 Å². The van der Waals surface area contributed by atoms with Gasteiger partial charge in [0.1, 0.15) is 0 Å². The molecule has 1 aromatic carbocycles. The summed E-state index contributed by atoms with van der Waals surface area (Å²) in [4.78, 5) is 21.4. The van der Waals surface area contributed by atoms with Gasteiger partial charge in [-0.15, -0.1) is 0 Å². The molecule has 3 rings (SSSR count). The third kappa shape index (κ3) is 1.74. The molecule has 96 valence electrons. The van der Waals surface area contributed by atoms with Crippen LogP contribution in [0.15, 0.2) is 27.9 Å². The highest BCUT2D eigenvalue weighted by Gasteiger charge is 2.28. The Morgan fingerprint density at radius 2 is 2.00 bits per heavy atom. The number of hydrogen-bond acceptors (Lipinski definition) is 4. The van der Waals surface area contributed by atoms with Gasteiger partial charge in [-0.2, -0.15) is 0 Å². The van der Waals surface area contributed by atoms with Gasteiger partial charge in [-0.25, -0.2) is 13.2 Å². The van der Waals surface area contributed by atoms with Crippen molar-refractivity contribution >= 4 is 21.1 Å². The predicted octanol–water partition coefficient (Wildman–Crippen LogP) is 0.182. The van der Waals surface area contributed by atoms with Crippen molar-refractivity contribution in [3.63, 3.8) is 0 Å². The summed E-state index contributed by atoms with van der Waals surface area (Å²) < 4.78 is 25.4. The molecule has 2 N–H and O–H groups in total. The molecule has 2 aromatic rings. The smallest absolute Gasteiger partial charge is 0.306 e. The number of rotatable bonds is 2. The Kier molecular flexibility index (Phi) is 2.51. The van der Waals surface area contributed by atoms with E-state index in [0.717, 1.165) is 4.47 Å². The average molecular weight is 269 g/mol. The van der Waals surface area contributed by atoms with Crippen LogP contribution in [0.4, 0.5) is 0 Å². The van der Waals surface area contributed by atoms with Crippen LogP contribution < -0.4 is 5.69 Å². The van der Waals surface area contributed by atoms with Crippen molar-refractivity contribution in [2.24, 2.45) is 0 Å². The summed E-state index contributed by atoms with van der Waals surface area (Å²) in [5, 5.41) is 0. The Balaban J connectivity index is 2.10. The molecule has 8 heteroatoms. The van der Waals surface area contributed by atoms with Crippen LogP contribution >= 0.6 is 0 Å². The first-order valence-corrected chi connectivity index (χ1v) is 6.89. The molecule has 0 aliphatic carbocycles. The Morgan fingerprint density at radius 3 is 2.72 bits per heavy atom. The number of hydroxylamine groups is 1. The quantitative estimate of drug-likeness (QED) is 0.813. The number of hydrogen-bond donors (Lipinski definition) is 2. The highest BCUT2D eigenvalue weighted by Crippen LogP contribution is 2.21. The van der Waals surface area contributed by atoms with Crippen LogP contribution in [0.5, 0.6) is 0 Å². The van der Waals surface area contributed by atoms with E-state index >= 15 is 0 Å². The number of nitrogens with zero attached hydrogens (tertiary/aromatic N) is 1. The molecule has 1 saturated heterocycles. The van der Waals surface area contributed by atoms with E-state index in [9.17, 15) is 13.2 Å². The number of sulfonamides is 1. The second-order valence-corrected chi connectivity index (χ2v) is 5.83. The van der Waals surface area contributed by atoms with Gasteiger partial charge >= 0.3 is 5.69 Å². The van der Waals surface area contributed by atoms with Crippen LogP contribution in [0.1, 0.15) is 6.42 Å². The largest absolute Gasteiger partial charge is 0.323 e. The molecule has 1 aromatic heterocycles. The molecule has 0 saturated carbocycles.